The van der Waals surface area contributed by atoms with Gasteiger partial charge >= 0.3 is 0 Å². The maximum atomic E-state index is 12.1. The van der Waals surface area contributed by atoms with E-state index in [9.17, 15) is 14.9 Å². The summed E-state index contributed by atoms with van der Waals surface area (Å²) in [4.78, 5) is 22.5. The molecule has 0 bridgehead atoms. The van der Waals surface area contributed by atoms with Gasteiger partial charge in [-0.05, 0) is 49.4 Å². The van der Waals surface area contributed by atoms with Gasteiger partial charge in [-0.15, -0.1) is 0 Å². The van der Waals surface area contributed by atoms with Crippen molar-refractivity contribution < 1.29 is 23.6 Å². The molecule has 0 aliphatic heterocycles. The van der Waals surface area contributed by atoms with Crippen LogP contribution in [0.5, 0.6) is 11.5 Å². The fourth-order valence-corrected chi connectivity index (χ4v) is 2.65. The number of methoxy groups -OCH3 is 1. The van der Waals surface area contributed by atoms with E-state index in [1.165, 1.54) is 25.5 Å². The molecule has 2 aromatic carbocycles. The van der Waals surface area contributed by atoms with Gasteiger partial charge in [-0.3, -0.25) is 14.9 Å². The van der Waals surface area contributed by atoms with E-state index in [-0.39, 0.29) is 11.6 Å². The summed E-state index contributed by atoms with van der Waals surface area (Å²) in [6, 6.07) is 14.3. The van der Waals surface area contributed by atoms with Gasteiger partial charge < -0.3 is 13.9 Å². The van der Waals surface area contributed by atoms with E-state index in [1.54, 1.807) is 42.5 Å². The van der Waals surface area contributed by atoms with Crippen molar-refractivity contribution in [2.24, 2.45) is 5.10 Å². The number of carbonyl (C=O) groups is 1. The number of benzene rings is 2. The second-order valence-electron chi connectivity index (χ2n) is 6.00. The molecule has 1 aromatic heterocycles. The molecular weight excluding hydrogens is 390 g/mol. The van der Waals surface area contributed by atoms with Crippen molar-refractivity contribution in [1.82, 2.24) is 5.43 Å². The number of furan rings is 1. The van der Waals surface area contributed by atoms with Gasteiger partial charge in [0.25, 0.3) is 11.6 Å². The molecule has 0 unspecified atom stereocenters. The van der Waals surface area contributed by atoms with Crippen LogP contribution in [-0.4, -0.2) is 30.8 Å². The van der Waals surface area contributed by atoms with Gasteiger partial charge in [-0.25, -0.2) is 5.43 Å². The molecule has 1 amide bonds. The number of nitrogens with one attached hydrogen (secondary N) is 1. The topological polar surface area (TPSA) is 116 Å². The fourth-order valence-electron chi connectivity index (χ4n) is 2.65. The zero-order valence-corrected chi connectivity index (χ0v) is 16.3. The van der Waals surface area contributed by atoms with Crippen LogP contribution in [0.1, 0.15) is 23.0 Å². The number of nitrogens with zero attached hydrogens (tertiary/aromatic N) is 2. The van der Waals surface area contributed by atoms with Crippen LogP contribution in [0.2, 0.25) is 0 Å². The van der Waals surface area contributed by atoms with E-state index in [0.717, 1.165) is 0 Å². The van der Waals surface area contributed by atoms with E-state index in [1.807, 2.05) is 6.92 Å². The minimum Gasteiger partial charge on any atom is -0.496 e. The van der Waals surface area contributed by atoms with Crippen molar-refractivity contribution in [1.29, 1.82) is 0 Å². The molecule has 0 spiro atoms. The third-order valence-electron chi connectivity index (χ3n) is 4.07. The highest BCUT2D eigenvalue weighted by Crippen LogP contribution is 2.34. The summed E-state index contributed by atoms with van der Waals surface area (Å²) in [6.07, 6.45) is 1.35. The minimum absolute atomic E-state index is 0.0825. The van der Waals surface area contributed by atoms with Gasteiger partial charge in [0, 0.05) is 11.6 Å². The number of hydrazone groups is 1. The van der Waals surface area contributed by atoms with E-state index >= 15 is 0 Å². The average molecular weight is 409 g/mol. The predicted molar refractivity (Wildman–Crippen MR) is 110 cm³/mol. The molecule has 3 rings (SSSR count). The Morgan fingerprint density at radius 3 is 2.63 bits per heavy atom. The quantitative estimate of drug-likeness (QED) is 0.341. The fraction of sp³-hybridized carbons (Fsp3) is 0.143. The largest absolute Gasteiger partial charge is 0.496 e. The van der Waals surface area contributed by atoms with Crippen LogP contribution in [0.15, 0.2) is 64.1 Å². The van der Waals surface area contributed by atoms with Gasteiger partial charge in [0.1, 0.15) is 23.0 Å². The second-order valence-corrected chi connectivity index (χ2v) is 6.00. The summed E-state index contributed by atoms with van der Waals surface area (Å²) in [5.74, 6) is 1.45. The summed E-state index contributed by atoms with van der Waals surface area (Å²) < 4.78 is 16.2. The highest BCUT2D eigenvalue weighted by molar-refractivity contribution is 5.94. The monoisotopic (exact) mass is 409 g/mol. The molecule has 30 heavy (non-hydrogen) atoms. The number of carbonyl (C=O) groups excluding carboxylic acids is 1. The van der Waals surface area contributed by atoms with Crippen molar-refractivity contribution >= 4 is 17.8 Å². The van der Waals surface area contributed by atoms with Gasteiger partial charge in [0.2, 0.25) is 0 Å². The molecule has 3 aromatic rings. The molecule has 0 fully saturated rings. The summed E-state index contributed by atoms with van der Waals surface area (Å²) in [5.41, 5.74) is 3.33. The lowest BCUT2D eigenvalue weighted by Crippen LogP contribution is -2.17. The summed E-state index contributed by atoms with van der Waals surface area (Å²) in [6.45, 7) is 2.43. The van der Waals surface area contributed by atoms with E-state index in [0.29, 0.717) is 40.8 Å². The smallest absolute Gasteiger partial charge is 0.273 e. The molecule has 0 radical (unpaired) electrons. The lowest BCUT2D eigenvalue weighted by molar-refractivity contribution is -0.384. The Hall–Kier alpha value is -4.14. The number of non-ortho nitro benzene ring substituents is 1. The Bertz CT molecular complexity index is 1070. The summed E-state index contributed by atoms with van der Waals surface area (Å²) in [5, 5.41) is 14.8. The normalized spacial score (nSPS) is 10.7. The number of rotatable bonds is 8. The zero-order chi connectivity index (χ0) is 21.5. The van der Waals surface area contributed by atoms with Crippen molar-refractivity contribution in [3.8, 4) is 22.8 Å². The highest BCUT2D eigenvalue weighted by atomic mass is 16.6. The predicted octanol–water partition coefficient (Wildman–Crippen LogP) is 4.03. The first-order valence-electron chi connectivity index (χ1n) is 9.00. The first-order valence-corrected chi connectivity index (χ1v) is 9.00. The highest BCUT2D eigenvalue weighted by Gasteiger charge is 2.15. The molecule has 1 N–H and O–H groups in total. The number of nitro groups is 1. The molecule has 1 heterocycles. The SMILES string of the molecule is CCOc1ccc(C(=O)N/N=C/c2ccc(-c3ccc([N+](=O)[O-])cc3OC)o2)cc1. The van der Waals surface area contributed by atoms with Crippen molar-refractivity contribution in [2.45, 2.75) is 6.92 Å². The molecule has 0 aliphatic rings. The standard InChI is InChI=1S/C21H19N3O6/c1-3-29-16-7-4-14(5-8-16)21(25)23-22-13-17-9-11-19(30-17)18-10-6-15(24(26)27)12-20(18)28-2/h4-13H,3H2,1-2H3,(H,23,25)/b22-13+. The lowest BCUT2D eigenvalue weighted by atomic mass is 10.1. The Morgan fingerprint density at radius 1 is 1.20 bits per heavy atom. The first kappa shape index (κ1) is 20.6. The van der Waals surface area contributed by atoms with Gasteiger partial charge in [-0.1, -0.05) is 0 Å². The third-order valence-corrected chi connectivity index (χ3v) is 4.07. The number of ether oxygens (including phenoxy) is 2. The van der Waals surface area contributed by atoms with E-state index < -0.39 is 4.92 Å². The van der Waals surface area contributed by atoms with Crippen LogP contribution >= 0.6 is 0 Å². The molecule has 9 nitrogen and oxygen atoms in total. The first-order chi connectivity index (χ1) is 14.5. The molecule has 0 aliphatic carbocycles. The Morgan fingerprint density at radius 2 is 1.97 bits per heavy atom. The number of amides is 1. The average Bonchev–Trinajstić information content (AvgIpc) is 3.22. The third kappa shape index (κ3) is 4.82. The van der Waals surface area contributed by atoms with E-state index in [4.69, 9.17) is 13.9 Å². The molecule has 9 heteroatoms. The number of hydrogen-bond acceptors (Lipinski definition) is 7. The van der Waals surface area contributed by atoms with Crippen LogP contribution in [0, 0.1) is 10.1 Å². The molecular formula is C21H19N3O6. The minimum atomic E-state index is -0.500. The zero-order valence-electron chi connectivity index (χ0n) is 16.3. The van der Waals surface area contributed by atoms with Crippen molar-refractivity contribution in [3.05, 3.63) is 76.0 Å². The van der Waals surface area contributed by atoms with Crippen LogP contribution in [0.25, 0.3) is 11.3 Å². The number of hydrogen-bond donors (Lipinski definition) is 1. The van der Waals surface area contributed by atoms with Gasteiger partial charge in [0.15, 0.2) is 0 Å². The second kappa shape index (κ2) is 9.37. The molecule has 0 saturated heterocycles. The van der Waals surface area contributed by atoms with Crippen molar-refractivity contribution in [2.75, 3.05) is 13.7 Å². The van der Waals surface area contributed by atoms with Gasteiger partial charge in [0.05, 0.1) is 36.5 Å². The Kier molecular flexibility index (Phi) is 6.43. The van der Waals surface area contributed by atoms with Crippen LogP contribution in [-0.2, 0) is 0 Å². The summed E-state index contributed by atoms with van der Waals surface area (Å²) in [7, 11) is 1.42. The van der Waals surface area contributed by atoms with Crippen LogP contribution in [0.3, 0.4) is 0 Å². The Balaban J connectivity index is 1.67. The van der Waals surface area contributed by atoms with Crippen LogP contribution < -0.4 is 14.9 Å². The van der Waals surface area contributed by atoms with Gasteiger partial charge in [-0.2, -0.15) is 5.10 Å². The maximum absolute atomic E-state index is 12.1. The van der Waals surface area contributed by atoms with Crippen LogP contribution in [0.4, 0.5) is 5.69 Å². The molecule has 0 saturated carbocycles. The van der Waals surface area contributed by atoms with E-state index in [2.05, 4.69) is 10.5 Å². The number of nitro benzene ring substituents is 1. The van der Waals surface area contributed by atoms with Crippen molar-refractivity contribution in [3.63, 3.8) is 0 Å². The summed E-state index contributed by atoms with van der Waals surface area (Å²) >= 11 is 0. The Labute approximate surface area is 172 Å². The molecule has 154 valence electrons. The maximum Gasteiger partial charge on any atom is 0.273 e. The lowest BCUT2D eigenvalue weighted by Gasteiger charge is -2.05. The molecule has 0 atom stereocenters.